The maximum absolute atomic E-state index is 12.3. The van der Waals surface area contributed by atoms with Gasteiger partial charge in [0.25, 0.3) is 5.91 Å². The van der Waals surface area contributed by atoms with E-state index in [1.807, 2.05) is 55.5 Å². The van der Waals surface area contributed by atoms with Crippen LogP contribution in [-0.4, -0.2) is 10.5 Å². The minimum Gasteiger partial charge on any atom is -0.366 e. The van der Waals surface area contributed by atoms with Gasteiger partial charge in [0.2, 0.25) is 0 Å². The summed E-state index contributed by atoms with van der Waals surface area (Å²) in [5.74, 6) is -0.417. The second-order valence-corrected chi connectivity index (χ2v) is 7.49. The van der Waals surface area contributed by atoms with Crippen molar-refractivity contribution in [1.82, 2.24) is 4.57 Å². The number of aromatic nitrogens is 1. The van der Waals surface area contributed by atoms with Gasteiger partial charge in [-0.1, -0.05) is 60.8 Å². The van der Waals surface area contributed by atoms with Crippen LogP contribution in [0, 0.1) is 6.92 Å². The van der Waals surface area contributed by atoms with Gasteiger partial charge in [-0.15, -0.1) is 0 Å². The first-order chi connectivity index (χ1) is 12.9. The Morgan fingerprint density at radius 1 is 1.07 bits per heavy atom. The van der Waals surface area contributed by atoms with Crippen molar-refractivity contribution in [3.05, 3.63) is 81.1 Å². The molecule has 0 atom stereocenters. The Kier molecular flexibility index (Phi) is 5.93. The van der Waals surface area contributed by atoms with Crippen LogP contribution < -0.4 is 5.73 Å². The van der Waals surface area contributed by atoms with Gasteiger partial charge in [0.1, 0.15) is 0 Å². The lowest BCUT2D eigenvalue weighted by atomic mass is 9.98. The van der Waals surface area contributed by atoms with E-state index in [-0.39, 0.29) is 0 Å². The SMILES string of the molecule is CCCc1c(-c2ccc(Cl)cc2)c(C(N)=O)c(C)n1Cc1cccc(Cl)c1. The van der Waals surface area contributed by atoms with E-state index in [4.69, 9.17) is 28.9 Å². The fourth-order valence-electron chi connectivity index (χ4n) is 3.56. The van der Waals surface area contributed by atoms with E-state index in [0.29, 0.717) is 22.2 Å². The quantitative estimate of drug-likeness (QED) is 0.552. The number of carbonyl (C=O) groups is 1. The fraction of sp³-hybridized carbons (Fsp3) is 0.227. The van der Waals surface area contributed by atoms with Crippen LogP contribution in [0.25, 0.3) is 11.1 Å². The maximum atomic E-state index is 12.3. The Morgan fingerprint density at radius 2 is 1.78 bits per heavy atom. The molecule has 0 saturated carbocycles. The van der Waals surface area contributed by atoms with Crippen molar-refractivity contribution in [3.8, 4) is 11.1 Å². The number of rotatable bonds is 6. The zero-order chi connectivity index (χ0) is 19.6. The van der Waals surface area contributed by atoms with Crippen LogP contribution in [0.15, 0.2) is 48.5 Å². The number of nitrogens with two attached hydrogens (primary N) is 1. The highest BCUT2D eigenvalue weighted by Crippen LogP contribution is 2.35. The lowest BCUT2D eigenvalue weighted by Crippen LogP contribution is -2.13. The molecule has 0 aliphatic heterocycles. The second-order valence-electron chi connectivity index (χ2n) is 6.62. The molecule has 1 amide bonds. The van der Waals surface area contributed by atoms with Gasteiger partial charge in [0.15, 0.2) is 0 Å². The third-order valence-corrected chi connectivity index (χ3v) is 5.21. The third-order valence-electron chi connectivity index (χ3n) is 4.73. The molecule has 0 radical (unpaired) electrons. The van der Waals surface area contributed by atoms with Gasteiger partial charge in [0, 0.05) is 33.5 Å². The number of carbonyl (C=O) groups excluding carboxylic acids is 1. The first kappa shape index (κ1) is 19.5. The van der Waals surface area contributed by atoms with Crippen molar-refractivity contribution in [2.75, 3.05) is 0 Å². The summed E-state index contributed by atoms with van der Waals surface area (Å²) in [6, 6.07) is 15.3. The Morgan fingerprint density at radius 3 is 2.37 bits per heavy atom. The molecule has 1 heterocycles. The van der Waals surface area contributed by atoms with Crippen LogP contribution in [0.5, 0.6) is 0 Å². The number of benzene rings is 2. The molecule has 3 rings (SSSR count). The Labute approximate surface area is 169 Å². The van der Waals surface area contributed by atoms with Gasteiger partial charge in [0.05, 0.1) is 5.56 Å². The molecule has 0 aliphatic carbocycles. The van der Waals surface area contributed by atoms with E-state index in [9.17, 15) is 4.79 Å². The standard InChI is InChI=1S/C22H22Cl2N2O/c1-3-5-19-21(16-8-10-17(23)11-9-16)20(22(25)27)14(2)26(19)13-15-6-4-7-18(24)12-15/h4,6-12H,3,5,13H2,1-2H3,(H2,25,27). The number of hydrogen-bond acceptors (Lipinski definition) is 1. The van der Waals surface area contributed by atoms with E-state index in [1.165, 1.54) is 0 Å². The lowest BCUT2D eigenvalue weighted by Gasteiger charge is -2.13. The Hall–Kier alpha value is -2.23. The number of primary amides is 1. The van der Waals surface area contributed by atoms with Crippen molar-refractivity contribution >= 4 is 29.1 Å². The first-order valence-electron chi connectivity index (χ1n) is 8.94. The highest BCUT2D eigenvalue weighted by Gasteiger charge is 2.24. The number of nitrogens with zero attached hydrogens (tertiary/aromatic N) is 1. The zero-order valence-electron chi connectivity index (χ0n) is 15.4. The molecule has 0 unspecified atom stereocenters. The van der Waals surface area contributed by atoms with Crippen molar-refractivity contribution in [3.63, 3.8) is 0 Å². The highest BCUT2D eigenvalue weighted by atomic mass is 35.5. The van der Waals surface area contributed by atoms with E-state index >= 15 is 0 Å². The summed E-state index contributed by atoms with van der Waals surface area (Å²) in [5.41, 5.74) is 11.3. The molecule has 0 bridgehead atoms. The zero-order valence-corrected chi connectivity index (χ0v) is 16.9. The summed E-state index contributed by atoms with van der Waals surface area (Å²) in [6.07, 6.45) is 1.80. The summed E-state index contributed by atoms with van der Waals surface area (Å²) in [5, 5.41) is 1.36. The molecule has 3 aromatic rings. The maximum Gasteiger partial charge on any atom is 0.251 e. The molecule has 1 aromatic heterocycles. The highest BCUT2D eigenvalue weighted by molar-refractivity contribution is 6.30. The topological polar surface area (TPSA) is 48.0 Å². The minimum absolute atomic E-state index is 0.417. The predicted molar refractivity (Wildman–Crippen MR) is 113 cm³/mol. The van der Waals surface area contributed by atoms with Crippen molar-refractivity contribution in [1.29, 1.82) is 0 Å². The Bertz CT molecular complexity index is 975. The molecule has 2 N–H and O–H groups in total. The summed E-state index contributed by atoms with van der Waals surface area (Å²) < 4.78 is 2.18. The van der Waals surface area contributed by atoms with Crippen LogP contribution in [0.3, 0.4) is 0 Å². The van der Waals surface area contributed by atoms with Crippen LogP contribution in [0.4, 0.5) is 0 Å². The first-order valence-corrected chi connectivity index (χ1v) is 9.70. The Balaban J connectivity index is 2.22. The summed E-state index contributed by atoms with van der Waals surface area (Å²) in [4.78, 5) is 12.3. The predicted octanol–water partition coefficient (Wildman–Crippen LogP) is 5.87. The average Bonchev–Trinajstić information content (AvgIpc) is 2.89. The smallest absolute Gasteiger partial charge is 0.251 e. The summed E-state index contributed by atoms with van der Waals surface area (Å²) in [7, 11) is 0. The molecule has 5 heteroatoms. The third kappa shape index (κ3) is 4.05. The van der Waals surface area contributed by atoms with Crippen molar-refractivity contribution < 1.29 is 4.79 Å². The molecule has 0 spiro atoms. The van der Waals surface area contributed by atoms with Gasteiger partial charge < -0.3 is 10.3 Å². The van der Waals surface area contributed by atoms with Crippen LogP contribution >= 0.6 is 23.2 Å². The summed E-state index contributed by atoms with van der Waals surface area (Å²) >= 11 is 12.2. The van der Waals surface area contributed by atoms with Gasteiger partial charge >= 0.3 is 0 Å². The molecular weight excluding hydrogens is 379 g/mol. The van der Waals surface area contributed by atoms with Crippen molar-refractivity contribution in [2.24, 2.45) is 5.73 Å². The van der Waals surface area contributed by atoms with Gasteiger partial charge in [-0.2, -0.15) is 0 Å². The normalized spacial score (nSPS) is 11.0. The molecule has 0 saturated heterocycles. The lowest BCUT2D eigenvalue weighted by molar-refractivity contribution is 0.1000. The van der Waals surface area contributed by atoms with E-state index in [0.717, 1.165) is 40.9 Å². The number of hydrogen-bond donors (Lipinski definition) is 1. The second kappa shape index (κ2) is 8.20. The van der Waals surface area contributed by atoms with Crippen LogP contribution in [0.1, 0.15) is 40.7 Å². The van der Waals surface area contributed by atoms with Crippen molar-refractivity contribution in [2.45, 2.75) is 33.2 Å². The molecule has 140 valence electrons. The minimum atomic E-state index is -0.417. The van der Waals surface area contributed by atoms with E-state index in [1.54, 1.807) is 0 Å². The molecule has 3 nitrogen and oxygen atoms in total. The average molecular weight is 401 g/mol. The van der Waals surface area contributed by atoms with E-state index in [2.05, 4.69) is 11.5 Å². The molecular formula is C22H22Cl2N2O. The van der Waals surface area contributed by atoms with Crippen LogP contribution in [-0.2, 0) is 13.0 Å². The molecule has 2 aromatic carbocycles. The van der Waals surface area contributed by atoms with Crippen LogP contribution in [0.2, 0.25) is 10.0 Å². The number of amides is 1. The van der Waals surface area contributed by atoms with Gasteiger partial charge in [-0.3, -0.25) is 4.79 Å². The summed E-state index contributed by atoms with van der Waals surface area (Å²) in [6.45, 7) is 4.71. The number of halogens is 2. The van der Waals surface area contributed by atoms with Gasteiger partial charge in [-0.25, -0.2) is 0 Å². The molecule has 27 heavy (non-hydrogen) atoms. The van der Waals surface area contributed by atoms with Gasteiger partial charge in [-0.05, 0) is 48.7 Å². The largest absolute Gasteiger partial charge is 0.366 e. The fourth-order valence-corrected chi connectivity index (χ4v) is 3.89. The molecule has 0 aliphatic rings. The monoisotopic (exact) mass is 400 g/mol. The van der Waals surface area contributed by atoms with E-state index < -0.39 is 5.91 Å². The molecule has 0 fully saturated rings.